The maximum Gasteiger partial charge on any atom is 0.239 e. The molecule has 0 atom stereocenters. The molecule has 0 aromatic carbocycles. The van der Waals surface area contributed by atoms with Gasteiger partial charge in [-0.25, -0.2) is 4.98 Å². The largest absolute Gasteiger partial charge is 0.369 e. The fourth-order valence-corrected chi connectivity index (χ4v) is 2.33. The lowest BCUT2D eigenvalue weighted by molar-refractivity contribution is -0.120. The van der Waals surface area contributed by atoms with Gasteiger partial charge in [-0.05, 0) is 13.0 Å². The lowest BCUT2D eigenvalue weighted by Gasteiger charge is -2.28. The lowest BCUT2D eigenvalue weighted by Crippen LogP contribution is -2.48. The number of carbonyl (C=O) groups is 1. The third kappa shape index (κ3) is 2.79. The van der Waals surface area contributed by atoms with Crippen LogP contribution >= 0.6 is 23.2 Å². The van der Waals surface area contributed by atoms with Crippen LogP contribution < -0.4 is 15.5 Å². The van der Waals surface area contributed by atoms with E-state index < -0.39 is 0 Å². The Kier molecular flexibility index (Phi) is 4.14. The van der Waals surface area contributed by atoms with Gasteiger partial charge in [0.1, 0.15) is 11.6 Å². The van der Waals surface area contributed by atoms with Crippen LogP contribution in [0.15, 0.2) is 6.07 Å². The first-order valence-electron chi connectivity index (χ1n) is 5.73. The van der Waals surface area contributed by atoms with Crippen molar-refractivity contribution < 1.29 is 4.79 Å². The van der Waals surface area contributed by atoms with Crippen LogP contribution in [0.2, 0.25) is 10.0 Å². The summed E-state index contributed by atoms with van der Waals surface area (Å²) < 4.78 is 0. The number of halogens is 2. The van der Waals surface area contributed by atoms with Crippen LogP contribution in [0.1, 0.15) is 6.92 Å². The summed E-state index contributed by atoms with van der Waals surface area (Å²) in [5, 5.41) is 6.76. The van der Waals surface area contributed by atoms with Crippen molar-refractivity contribution in [1.29, 1.82) is 0 Å². The minimum atomic E-state index is -0.0286. The third-order valence-electron chi connectivity index (χ3n) is 2.59. The van der Waals surface area contributed by atoms with E-state index in [9.17, 15) is 4.79 Å². The molecule has 98 valence electrons. The SMILES string of the molecule is CCNc1nc(N2CCNC(=O)C2)c(Cl)cc1Cl. The molecule has 1 amide bonds. The van der Waals surface area contributed by atoms with E-state index in [0.717, 1.165) is 0 Å². The minimum absolute atomic E-state index is 0.0286. The zero-order valence-electron chi connectivity index (χ0n) is 9.96. The smallest absolute Gasteiger partial charge is 0.239 e. The molecule has 1 fully saturated rings. The van der Waals surface area contributed by atoms with Crippen molar-refractivity contribution in [2.45, 2.75) is 6.92 Å². The van der Waals surface area contributed by atoms with Gasteiger partial charge in [-0.2, -0.15) is 0 Å². The number of amides is 1. The van der Waals surface area contributed by atoms with Gasteiger partial charge in [-0.3, -0.25) is 4.79 Å². The summed E-state index contributed by atoms with van der Waals surface area (Å²) in [6.45, 7) is 4.22. The summed E-state index contributed by atoms with van der Waals surface area (Å²) in [6.07, 6.45) is 0. The molecule has 0 spiro atoms. The average molecular weight is 289 g/mol. The van der Waals surface area contributed by atoms with E-state index in [1.807, 2.05) is 11.8 Å². The molecule has 2 N–H and O–H groups in total. The van der Waals surface area contributed by atoms with Crippen molar-refractivity contribution in [3.8, 4) is 0 Å². The maximum absolute atomic E-state index is 11.4. The number of nitrogens with zero attached hydrogens (tertiary/aromatic N) is 2. The van der Waals surface area contributed by atoms with Crippen LogP contribution in [0.4, 0.5) is 11.6 Å². The molecular formula is C11H14Cl2N4O. The van der Waals surface area contributed by atoms with Gasteiger partial charge in [-0.1, -0.05) is 23.2 Å². The summed E-state index contributed by atoms with van der Waals surface area (Å²) in [5.41, 5.74) is 0. The zero-order chi connectivity index (χ0) is 13.1. The van der Waals surface area contributed by atoms with Crippen LogP contribution in [0, 0.1) is 0 Å². The molecule has 18 heavy (non-hydrogen) atoms. The molecule has 0 bridgehead atoms. The van der Waals surface area contributed by atoms with Gasteiger partial charge < -0.3 is 15.5 Å². The average Bonchev–Trinajstić information content (AvgIpc) is 2.33. The number of pyridine rings is 1. The van der Waals surface area contributed by atoms with Crippen LogP contribution in [0.5, 0.6) is 0 Å². The standard InChI is InChI=1S/C11H14Cl2N4O/c1-2-14-10-7(12)5-8(13)11(16-10)17-4-3-15-9(18)6-17/h5H,2-4,6H2,1H3,(H,14,16)(H,15,18). The van der Waals surface area contributed by atoms with Crippen molar-refractivity contribution in [1.82, 2.24) is 10.3 Å². The van der Waals surface area contributed by atoms with Gasteiger partial charge in [0.2, 0.25) is 5.91 Å². The van der Waals surface area contributed by atoms with E-state index in [0.29, 0.717) is 41.3 Å². The molecule has 1 aromatic heterocycles. The zero-order valence-corrected chi connectivity index (χ0v) is 11.5. The molecule has 0 aliphatic carbocycles. The first-order chi connectivity index (χ1) is 8.61. The molecule has 1 saturated heterocycles. The van der Waals surface area contributed by atoms with E-state index in [2.05, 4.69) is 15.6 Å². The first kappa shape index (κ1) is 13.2. The predicted molar refractivity (Wildman–Crippen MR) is 73.6 cm³/mol. The number of aromatic nitrogens is 1. The van der Waals surface area contributed by atoms with Crippen LogP contribution in [-0.2, 0) is 4.79 Å². The molecule has 5 nitrogen and oxygen atoms in total. The monoisotopic (exact) mass is 288 g/mol. The molecule has 0 saturated carbocycles. The predicted octanol–water partition coefficient (Wildman–Crippen LogP) is 1.76. The van der Waals surface area contributed by atoms with Gasteiger partial charge in [0, 0.05) is 19.6 Å². The highest BCUT2D eigenvalue weighted by Crippen LogP contribution is 2.31. The number of nitrogens with one attached hydrogen (secondary N) is 2. The number of hydrogen-bond donors (Lipinski definition) is 2. The topological polar surface area (TPSA) is 57.3 Å². The summed E-state index contributed by atoms with van der Waals surface area (Å²) in [4.78, 5) is 17.6. The third-order valence-corrected chi connectivity index (χ3v) is 3.16. The quantitative estimate of drug-likeness (QED) is 0.890. The fraction of sp³-hybridized carbons (Fsp3) is 0.455. The Morgan fingerprint density at radius 1 is 1.50 bits per heavy atom. The Morgan fingerprint density at radius 2 is 2.28 bits per heavy atom. The van der Waals surface area contributed by atoms with Gasteiger partial charge in [0.25, 0.3) is 0 Å². The van der Waals surface area contributed by atoms with Crippen molar-refractivity contribution in [3.05, 3.63) is 16.1 Å². The summed E-state index contributed by atoms with van der Waals surface area (Å²) >= 11 is 12.2. The molecule has 0 unspecified atom stereocenters. The van der Waals surface area contributed by atoms with Gasteiger partial charge in [0.15, 0.2) is 0 Å². The summed E-state index contributed by atoms with van der Waals surface area (Å²) in [7, 11) is 0. The number of piperazine rings is 1. The minimum Gasteiger partial charge on any atom is -0.369 e. The molecule has 1 aliphatic heterocycles. The van der Waals surface area contributed by atoms with E-state index in [1.165, 1.54) is 0 Å². The number of anilines is 2. The molecular weight excluding hydrogens is 275 g/mol. The highest BCUT2D eigenvalue weighted by Gasteiger charge is 2.21. The number of hydrogen-bond acceptors (Lipinski definition) is 4. The normalized spacial score (nSPS) is 15.5. The second kappa shape index (κ2) is 5.63. The van der Waals surface area contributed by atoms with Gasteiger partial charge in [-0.15, -0.1) is 0 Å². The second-order valence-corrected chi connectivity index (χ2v) is 4.74. The van der Waals surface area contributed by atoms with Gasteiger partial charge >= 0.3 is 0 Å². The summed E-state index contributed by atoms with van der Waals surface area (Å²) in [6, 6.07) is 1.65. The molecule has 7 heteroatoms. The van der Waals surface area contributed by atoms with Crippen molar-refractivity contribution in [3.63, 3.8) is 0 Å². The second-order valence-electron chi connectivity index (χ2n) is 3.93. The highest BCUT2D eigenvalue weighted by molar-refractivity contribution is 6.37. The van der Waals surface area contributed by atoms with Crippen LogP contribution in [0.3, 0.4) is 0 Å². The fourth-order valence-electron chi connectivity index (χ4n) is 1.79. The van der Waals surface area contributed by atoms with Crippen molar-refractivity contribution >= 4 is 40.7 Å². The maximum atomic E-state index is 11.4. The van der Waals surface area contributed by atoms with E-state index in [1.54, 1.807) is 6.07 Å². The molecule has 0 radical (unpaired) electrons. The Bertz CT molecular complexity index is 467. The molecule has 1 aromatic rings. The highest BCUT2D eigenvalue weighted by atomic mass is 35.5. The summed E-state index contributed by atoms with van der Waals surface area (Å²) in [5.74, 6) is 1.15. The lowest BCUT2D eigenvalue weighted by atomic mass is 10.3. The molecule has 1 aliphatic rings. The van der Waals surface area contributed by atoms with Crippen LogP contribution in [-0.4, -0.2) is 37.1 Å². The Balaban J connectivity index is 2.31. The Hall–Kier alpha value is -1.20. The van der Waals surface area contributed by atoms with Gasteiger partial charge in [0.05, 0.1) is 16.6 Å². The Labute approximate surface area is 115 Å². The number of rotatable bonds is 3. The molecule has 2 heterocycles. The van der Waals surface area contributed by atoms with Crippen molar-refractivity contribution in [2.24, 2.45) is 0 Å². The van der Waals surface area contributed by atoms with Crippen molar-refractivity contribution in [2.75, 3.05) is 36.4 Å². The van der Waals surface area contributed by atoms with E-state index >= 15 is 0 Å². The van der Waals surface area contributed by atoms with E-state index in [4.69, 9.17) is 23.2 Å². The van der Waals surface area contributed by atoms with E-state index in [-0.39, 0.29) is 12.5 Å². The number of carbonyl (C=O) groups excluding carboxylic acids is 1. The Morgan fingerprint density at radius 3 is 2.94 bits per heavy atom. The van der Waals surface area contributed by atoms with Crippen LogP contribution in [0.25, 0.3) is 0 Å². The first-order valence-corrected chi connectivity index (χ1v) is 6.49. The molecule has 2 rings (SSSR count).